The zero-order valence-corrected chi connectivity index (χ0v) is 10.1. The molecular weight excluding hydrogens is 223 g/mol. The molecule has 0 bridgehead atoms. The van der Waals surface area contributed by atoms with Gasteiger partial charge >= 0.3 is 5.69 Å². The summed E-state index contributed by atoms with van der Waals surface area (Å²) in [5.74, 6) is -0.800. The number of nitrogens with one attached hydrogen (secondary N) is 1. The fraction of sp³-hybridized carbons (Fsp3) is 0.500. The normalized spacial score (nSPS) is 12.2. The summed E-state index contributed by atoms with van der Waals surface area (Å²) in [4.78, 5) is 10.1. The van der Waals surface area contributed by atoms with E-state index < -0.39 is 16.4 Å². The molecule has 0 saturated heterocycles. The van der Waals surface area contributed by atoms with Crippen LogP contribution in [-0.4, -0.2) is 11.0 Å². The summed E-state index contributed by atoms with van der Waals surface area (Å²) < 4.78 is 13.4. The molecule has 1 aromatic rings. The van der Waals surface area contributed by atoms with Gasteiger partial charge in [-0.1, -0.05) is 26.3 Å². The first-order valence-electron chi connectivity index (χ1n) is 5.79. The van der Waals surface area contributed by atoms with Gasteiger partial charge in [-0.25, -0.2) is 0 Å². The maximum atomic E-state index is 13.4. The van der Waals surface area contributed by atoms with Gasteiger partial charge in [0.05, 0.1) is 4.92 Å². The highest BCUT2D eigenvalue weighted by Crippen LogP contribution is 2.28. The van der Waals surface area contributed by atoms with E-state index in [9.17, 15) is 14.5 Å². The van der Waals surface area contributed by atoms with Crippen molar-refractivity contribution in [3.05, 3.63) is 34.1 Å². The molecule has 94 valence electrons. The van der Waals surface area contributed by atoms with Crippen molar-refractivity contribution in [2.45, 2.75) is 39.2 Å². The lowest BCUT2D eigenvalue weighted by molar-refractivity contribution is -0.386. The molecule has 0 aliphatic carbocycles. The second kappa shape index (κ2) is 6.18. The van der Waals surface area contributed by atoms with Gasteiger partial charge in [-0.15, -0.1) is 0 Å². The van der Waals surface area contributed by atoms with E-state index in [1.807, 2.05) is 13.8 Å². The number of para-hydroxylation sites is 1. The molecule has 0 spiro atoms. The predicted molar refractivity (Wildman–Crippen MR) is 65.7 cm³/mol. The van der Waals surface area contributed by atoms with Crippen LogP contribution in [0.5, 0.6) is 0 Å². The van der Waals surface area contributed by atoms with Crippen LogP contribution in [0.1, 0.15) is 33.1 Å². The third-order valence-electron chi connectivity index (χ3n) is 2.66. The summed E-state index contributed by atoms with van der Waals surface area (Å²) in [6.07, 6.45) is 2.74. The van der Waals surface area contributed by atoms with Gasteiger partial charge in [0.15, 0.2) is 0 Å². The summed E-state index contributed by atoms with van der Waals surface area (Å²) in [5.41, 5.74) is -0.211. The van der Waals surface area contributed by atoms with E-state index >= 15 is 0 Å². The smallest absolute Gasteiger partial charge is 0.327 e. The molecule has 0 aliphatic rings. The summed E-state index contributed by atoms with van der Waals surface area (Å²) in [6.45, 7) is 4.04. The molecule has 0 fully saturated rings. The Morgan fingerprint density at radius 1 is 1.47 bits per heavy atom. The SMILES string of the molecule is CCCC(CC)Nc1cccc(F)c1[N+](=O)[O-]. The van der Waals surface area contributed by atoms with Crippen LogP contribution < -0.4 is 5.32 Å². The summed E-state index contributed by atoms with van der Waals surface area (Å²) in [6, 6.07) is 4.26. The van der Waals surface area contributed by atoms with Crippen molar-refractivity contribution in [3.63, 3.8) is 0 Å². The zero-order valence-electron chi connectivity index (χ0n) is 10.1. The monoisotopic (exact) mass is 240 g/mol. The van der Waals surface area contributed by atoms with Crippen molar-refractivity contribution in [1.29, 1.82) is 0 Å². The van der Waals surface area contributed by atoms with Crippen LogP contribution in [-0.2, 0) is 0 Å². The molecule has 1 atom stereocenters. The van der Waals surface area contributed by atoms with Gasteiger partial charge in [0.1, 0.15) is 5.69 Å². The van der Waals surface area contributed by atoms with Crippen molar-refractivity contribution in [3.8, 4) is 0 Å². The second-order valence-corrected chi connectivity index (χ2v) is 3.93. The molecule has 0 amide bonds. The average molecular weight is 240 g/mol. The quantitative estimate of drug-likeness (QED) is 0.609. The summed E-state index contributed by atoms with van der Waals surface area (Å²) in [5, 5.41) is 13.8. The largest absolute Gasteiger partial charge is 0.377 e. The lowest BCUT2D eigenvalue weighted by atomic mass is 10.1. The Morgan fingerprint density at radius 3 is 2.71 bits per heavy atom. The van der Waals surface area contributed by atoms with Gasteiger partial charge < -0.3 is 5.32 Å². The summed E-state index contributed by atoms with van der Waals surface area (Å²) >= 11 is 0. The Balaban J connectivity index is 2.97. The third kappa shape index (κ3) is 3.41. The van der Waals surface area contributed by atoms with Crippen LogP contribution >= 0.6 is 0 Å². The van der Waals surface area contributed by atoms with Crippen molar-refractivity contribution >= 4 is 11.4 Å². The van der Waals surface area contributed by atoms with E-state index in [4.69, 9.17) is 0 Å². The van der Waals surface area contributed by atoms with Gasteiger partial charge in [-0.3, -0.25) is 10.1 Å². The minimum absolute atomic E-state index is 0.139. The molecule has 1 rings (SSSR count). The van der Waals surface area contributed by atoms with E-state index in [2.05, 4.69) is 5.32 Å². The second-order valence-electron chi connectivity index (χ2n) is 3.93. The number of rotatable bonds is 6. The number of nitro groups is 1. The van der Waals surface area contributed by atoms with Gasteiger partial charge in [-0.2, -0.15) is 4.39 Å². The molecule has 0 aromatic heterocycles. The van der Waals surface area contributed by atoms with Crippen LogP contribution in [0.2, 0.25) is 0 Å². The Labute approximate surface area is 100.0 Å². The molecular formula is C12H17FN2O2. The predicted octanol–water partition coefficient (Wildman–Crippen LogP) is 3.72. The zero-order chi connectivity index (χ0) is 12.8. The Bertz CT molecular complexity index is 396. The minimum atomic E-state index is -0.800. The van der Waals surface area contributed by atoms with Crippen molar-refractivity contribution < 1.29 is 9.31 Å². The molecule has 0 saturated carbocycles. The topological polar surface area (TPSA) is 55.2 Å². The van der Waals surface area contributed by atoms with Crippen molar-refractivity contribution in [2.24, 2.45) is 0 Å². The number of nitro benzene ring substituents is 1. The highest BCUT2D eigenvalue weighted by molar-refractivity contribution is 5.62. The molecule has 1 N–H and O–H groups in total. The molecule has 0 radical (unpaired) electrons. The number of anilines is 1. The number of nitrogens with zero attached hydrogens (tertiary/aromatic N) is 1. The van der Waals surface area contributed by atoms with Crippen LogP contribution in [0, 0.1) is 15.9 Å². The first-order valence-corrected chi connectivity index (χ1v) is 5.79. The van der Waals surface area contributed by atoms with Crippen LogP contribution in [0.25, 0.3) is 0 Å². The average Bonchev–Trinajstić information content (AvgIpc) is 2.28. The molecule has 0 aliphatic heterocycles. The number of hydrogen-bond donors (Lipinski definition) is 1. The first-order chi connectivity index (χ1) is 8.10. The van der Waals surface area contributed by atoms with Crippen LogP contribution in [0.3, 0.4) is 0 Å². The van der Waals surface area contributed by atoms with Gasteiger partial charge in [0.25, 0.3) is 0 Å². The number of hydrogen-bond acceptors (Lipinski definition) is 3. The highest BCUT2D eigenvalue weighted by Gasteiger charge is 2.21. The van der Waals surface area contributed by atoms with Gasteiger partial charge in [0.2, 0.25) is 5.82 Å². The Kier molecular flexibility index (Phi) is 4.87. The van der Waals surface area contributed by atoms with E-state index in [0.29, 0.717) is 0 Å². The third-order valence-corrected chi connectivity index (χ3v) is 2.66. The number of halogens is 1. The molecule has 4 nitrogen and oxygen atoms in total. The van der Waals surface area contributed by atoms with Crippen molar-refractivity contribution in [2.75, 3.05) is 5.32 Å². The molecule has 5 heteroatoms. The maximum Gasteiger partial charge on any atom is 0.327 e. The molecule has 17 heavy (non-hydrogen) atoms. The lowest BCUT2D eigenvalue weighted by Gasteiger charge is -2.17. The van der Waals surface area contributed by atoms with E-state index in [1.54, 1.807) is 6.07 Å². The standard InChI is InChI=1S/C12H17FN2O2/c1-3-6-9(4-2)14-11-8-5-7-10(13)12(11)15(16)17/h5,7-9,14H,3-4,6H2,1-2H3. The van der Waals surface area contributed by atoms with E-state index in [-0.39, 0.29) is 11.7 Å². The Hall–Kier alpha value is -1.65. The van der Waals surface area contributed by atoms with Gasteiger partial charge in [0, 0.05) is 6.04 Å². The molecule has 1 aromatic carbocycles. The van der Waals surface area contributed by atoms with Crippen molar-refractivity contribution in [1.82, 2.24) is 0 Å². The van der Waals surface area contributed by atoms with Crippen LogP contribution in [0.4, 0.5) is 15.8 Å². The highest BCUT2D eigenvalue weighted by atomic mass is 19.1. The number of benzene rings is 1. The fourth-order valence-electron chi connectivity index (χ4n) is 1.76. The van der Waals surface area contributed by atoms with E-state index in [1.165, 1.54) is 6.07 Å². The lowest BCUT2D eigenvalue weighted by Crippen LogP contribution is -2.19. The minimum Gasteiger partial charge on any atom is -0.377 e. The summed E-state index contributed by atoms with van der Waals surface area (Å²) in [7, 11) is 0. The molecule has 1 unspecified atom stereocenters. The van der Waals surface area contributed by atoms with Crippen LogP contribution in [0.15, 0.2) is 18.2 Å². The molecule has 0 heterocycles. The fourth-order valence-corrected chi connectivity index (χ4v) is 1.76. The first kappa shape index (κ1) is 13.4. The maximum absolute atomic E-state index is 13.4. The van der Waals surface area contributed by atoms with E-state index in [0.717, 1.165) is 25.3 Å². The Morgan fingerprint density at radius 2 is 2.18 bits per heavy atom. The van der Waals surface area contributed by atoms with Gasteiger partial charge in [-0.05, 0) is 25.0 Å².